The zero-order chi connectivity index (χ0) is 11.6. The fourth-order valence-corrected chi connectivity index (χ4v) is 2.42. The van der Waals surface area contributed by atoms with Gasteiger partial charge in [-0.2, -0.15) is 5.10 Å². The molecule has 1 aromatic rings. The van der Waals surface area contributed by atoms with Crippen molar-refractivity contribution in [1.82, 2.24) is 10.2 Å². The SMILES string of the molecule is COCCNc1n[nH]c2c1CCCC2(C)C. The van der Waals surface area contributed by atoms with Crippen molar-refractivity contribution in [3.8, 4) is 0 Å². The Labute approximate surface area is 96.8 Å². The van der Waals surface area contributed by atoms with Crippen LogP contribution in [0.15, 0.2) is 0 Å². The smallest absolute Gasteiger partial charge is 0.151 e. The van der Waals surface area contributed by atoms with Gasteiger partial charge in [-0.05, 0) is 19.3 Å². The maximum absolute atomic E-state index is 5.02. The molecule has 1 aromatic heterocycles. The van der Waals surface area contributed by atoms with Gasteiger partial charge in [0.15, 0.2) is 5.82 Å². The van der Waals surface area contributed by atoms with E-state index in [0.717, 1.165) is 18.8 Å². The minimum absolute atomic E-state index is 0.238. The molecule has 2 N–H and O–H groups in total. The molecule has 0 bridgehead atoms. The van der Waals surface area contributed by atoms with Crippen LogP contribution >= 0.6 is 0 Å². The van der Waals surface area contributed by atoms with E-state index >= 15 is 0 Å². The molecule has 1 aliphatic carbocycles. The van der Waals surface area contributed by atoms with Gasteiger partial charge in [-0.1, -0.05) is 13.8 Å². The average Bonchev–Trinajstić information content (AvgIpc) is 2.63. The van der Waals surface area contributed by atoms with E-state index < -0.39 is 0 Å². The van der Waals surface area contributed by atoms with Crippen LogP contribution in [0.2, 0.25) is 0 Å². The second-order valence-electron chi connectivity index (χ2n) is 5.08. The van der Waals surface area contributed by atoms with Gasteiger partial charge in [-0.3, -0.25) is 5.10 Å². The van der Waals surface area contributed by atoms with Crippen molar-refractivity contribution in [2.75, 3.05) is 25.6 Å². The van der Waals surface area contributed by atoms with Gasteiger partial charge in [0.2, 0.25) is 0 Å². The van der Waals surface area contributed by atoms with Gasteiger partial charge in [0.25, 0.3) is 0 Å². The summed E-state index contributed by atoms with van der Waals surface area (Å²) in [5, 5.41) is 10.9. The van der Waals surface area contributed by atoms with Crippen molar-refractivity contribution >= 4 is 5.82 Å². The van der Waals surface area contributed by atoms with E-state index in [1.54, 1.807) is 7.11 Å². The number of ether oxygens (including phenoxy) is 1. The van der Waals surface area contributed by atoms with Gasteiger partial charge in [0, 0.05) is 30.3 Å². The van der Waals surface area contributed by atoms with Crippen LogP contribution in [0.3, 0.4) is 0 Å². The lowest BCUT2D eigenvalue weighted by Crippen LogP contribution is -2.24. The summed E-state index contributed by atoms with van der Waals surface area (Å²) in [5.74, 6) is 1.01. The van der Waals surface area contributed by atoms with Gasteiger partial charge in [0.1, 0.15) is 0 Å². The van der Waals surface area contributed by atoms with Crippen molar-refractivity contribution in [2.45, 2.75) is 38.5 Å². The lowest BCUT2D eigenvalue weighted by molar-refractivity contribution is 0.210. The highest BCUT2D eigenvalue weighted by Crippen LogP contribution is 2.37. The summed E-state index contributed by atoms with van der Waals surface area (Å²) in [6, 6.07) is 0. The monoisotopic (exact) mass is 223 g/mol. The molecular weight excluding hydrogens is 202 g/mol. The van der Waals surface area contributed by atoms with Crippen LogP contribution in [0, 0.1) is 0 Å². The molecule has 0 spiro atoms. The van der Waals surface area contributed by atoms with Crippen molar-refractivity contribution in [3.05, 3.63) is 11.3 Å². The predicted molar refractivity (Wildman–Crippen MR) is 64.9 cm³/mol. The Hall–Kier alpha value is -1.03. The van der Waals surface area contributed by atoms with E-state index in [9.17, 15) is 0 Å². The molecule has 0 aliphatic heterocycles. The number of rotatable bonds is 4. The predicted octanol–water partition coefficient (Wildman–Crippen LogP) is 2.08. The zero-order valence-electron chi connectivity index (χ0n) is 10.4. The minimum atomic E-state index is 0.238. The van der Waals surface area contributed by atoms with Crippen molar-refractivity contribution in [1.29, 1.82) is 0 Å². The molecule has 0 saturated heterocycles. The van der Waals surface area contributed by atoms with Crippen molar-refractivity contribution in [3.63, 3.8) is 0 Å². The average molecular weight is 223 g/mol. The quantitative estimate of drug-likeness (QED) is 0.768. The second kappa shape index (κ2) is 4.45. The van der Waals surface area contributed by atoms with Gasteiger partial charge in [-0.15, -0.1) is 0 Å². The van der Waals surface area contributed by atoms with Crippen LogP contribution < -0.4 is 5.32 Å². The molecule has 0 radical (unpaired) electrons. The summed E-state index contributed by atoms with van der Waals surface area (Å²) in [6.07, 6.45) is 3.61. The maximum Gasteiger partial charge on any atom is 0.151 e. The fraction of sp³-hybridized carbons (Fsp3) is 0.750. The van der Waals surface area contributed by atoms with Crippen LogP contribution in [0.25, 0.3) is 0 Å². The molecule has 0 saturated carbocycles. The number of H-pyrrole nitrogens is 1. The summed E-state index contributed by atoms with van der Waals surface area (Å²) >= 11 is 0. The molecule has 0 unspecified atom stereocenters. The van der Waals surface area contributed by atoms with Crippen molar-refractivity contribution in [2.24, 2.45) is 0 Å². The topological polar surface area (TPSA) is 49.9 Å². The third-order valence-electron chi connectivity index (χ3n) is 3.37. The first-order valence-electron chi connectivity index (χ1n) is 5.95. The Morgan fingerprint density at radius 1 is 1.50 bits per heavy atom. The summed E-state index contributed by atoms with van der Waals surface area (Å²) < 4.78 is 5.02. The number of nitrogens with zero attached hydrogens (tertiary/aromatic N) is 1. The molecule has 0 atom stereocenters. The van der Waals surface area contributed by atoms with E-state index in [4.69, 9.17) is 4.74 Å². The summed E-state index contributed by atoms with van der Waals surface area (Å²) in [4.78, 5) is 0. The van der Waals surface area contributed by atoms with Gasteiger partial charge in [-0.25, -0.2) is 0 Å². The van der Waals surface area contributed by atoms with Crippen LogP contribution in [0.5, 0.6) is 0 Å². The first-order chi connectivity index (χ1) is 7.65. The van der Waals surface area contributed by atoms with E-state index in [-0.39, 0.29) is 5.41 Å². The zero-order valence-corrected chi connectivity index (χ0v) is 10.4. The first-order valence-corrected chi connectivity index (χ1v) is 5.95. The Bertz CT molecular complexity index is 357. The third-order valence-corrected chi connectivity index (χ3v) is 3.37. The lowest BCUT2D eigenvalue weighted by Gasteiger charge is -2.29. The van der Waals surface area contributed by atoms with Crippen LogP contribution in [-0.2, 0) is 16.6 Å². The fourth-order valence-electron chi connectivity index (χ4n) is 2.42. The third kappa shape index (κ3) is 2.07. The maximum atomic E-state index is 5.02. The highest BCUT2D eigenvalue weighted by molar-refractivity contribution is 5.49. The van der Waals surface area contributed by atoms with E-state index in [1.807, 2.05) is 0 Å². The van der Waals surface area contributed by atoms with Crippen LogP contribution in [-0.4, -0.2) is 30.5 Å². The summed E-state index contributed by atoms with van der Waals surface area (Å²) in [5.41, 5.74) is 2.91. The Morgan fingerprint density at radius 2 is 2.31 bits per heavy atom. The molecule has 1 heterocycles. The normalized spacial score (nSPS) is 18.2. The molecule has 4 heteroatoms. The number of aromatic nitrogens is 2. The number of methoxy groups -OCH3 is 1. The van der Waals surface area contributed by atoms with Gasteiger partial charge < -0.3 is 10.1 Å². The number of fused-ring (bicyclic) bond motifs is 1. The molecular formula is C12H21N3O. The number of anilines is 1. The number of aromatic amines is 1. The van der Waals surface area contributed by atoms with E-state index in [1.165, 1.54) is 24.1 Å². The Kier molecular flexibility index (Phi) is 3.19. The van der Waals surface area contributed by atoms with E-state index in [2.05, 4.69) is 29.4 Å². The largest absolute Gasteiger partial charge is 0.383 e. The Morgan fingerprint density at radius 3 is 3.06 bits per heavy atom. The molecule has 0 fully saturated rings. The minimum Gasteiger partial charge on any atom is -0.383 e. The molecule has 16 heavy (non-hydrogen) atoms. The Balaban J connectivity index is 2.14. The van der Waals surface area contributed by atoms with Crippen LogP contribution in [0.1, 0.15) is 37.9 Å². The van der Waals surface area contributed by atoms with Crippen molar-refractivity contribution < 1.29 is 4.74 Å². The van der Waals surface area contributed by atoms with Gasteiger partial charge in [0.05, 0.1) is 6.61 Å². The van der Waals surface area contributed by atoms with Gasteiger partial charge >= 0.3 is 0 Å². The number of hydrogen-bond donors (Lipinski definition) is 2. The first kappa shape index (κ1) is 11.5. The van der Waals surface area contributed by atoms with Crippen LogP contribution in [0.4, 0.5) is 5.82 Å². The van der Waals surface area contributed by atoms with E-state index in [0.29, 0.717) is 6.61 Å². The molecule has 4 nitrogen and oxygen atoms in total. The summed E-state index contributed by atoms with van der Waals surface area (Å²) in [7, 11) is 1.71. The highest BCUT2D eigenvalue weighted by atomic mass is 16.5. The molecule has 0 amide bonds. The second-order valence-corrected chi connectivity index (χ2v) is 5.08. The lowest BCUT2D eigenvalue weighted by atomic mass is 9.76. The molecule has 0 aromatic carbocycles. The molecule has 2 rings (SSSR count). The molecule has 1 aliphatic rings. The number of hydrogen-bond acceptors (Lipinski definition) is 3. The highest BCUT2D eigenvalue weighted by Gasteiger charge is 2.31. The molecule has 90 valence electrons. The standard InChI is InChI=1S/C12H21N3O/c1-12(2)6-4-5-9-10(12)14-15-11(9)13-7-8-16-3/h4-8H2,1-3H3,(H2,13,14,15). The summed E-state index contributed by atoms with van der Waals surface area (Å²) in [6.45, 7) is 6.09. The number of nitrogens with one attached hydrogen (secondary N) is 2.